The number of carbonyl (C=O) groups is 2. The summed E-state index contributed by atoms with van der Waals surface area (Å²) in [5.74, 6) is 0.325. The highest BCUT2D eigenvalue weighted by atomic mass is 16.2. The average molecular weight is 424 g/mol. The van der Waals surface area contributed by atoms with Gasteiger partial charge in [-0.25, -0.2) is 4.98 Å². The molecule has 0 aliphatic rings. The standard InChI is InChI=1S/C24H20N6O2/c1-15-11-22(28-21-6-4-3-5-20(15)21)30-24(18(13-25)14-26-30)29-23(32)12-17-7-9-19(10-8-17)27-16(2)31/h3-11,14H,12H2,1-2H3,(H,27,31)(H,29,32). The van der Waals surface area contributed by atoms with E-state index in [0.29, 0.717) is 11.5 Å². The molecule has 0 aliphatic heterocycles. The molecular weight excluding hydrogens is 404 g/mol. The van der Waals surface area contributed by atoms with Crippen LogP contribution >= 0.6 is 0 Å². The Hall–Kier alpha value is -4.51. The predicted molar refractivity (Wildman–Crippen MR) is 121 cm³/mol. The summed E-state index contributed by atoms with van der Waals surface area (Å²) < 4.78 is 1.47. The van der Waals surface area contributed by atoms with Gasteiger partial charge in [-0.05, 0) is 42.3 Å². The van der Waals surface area contributed by atoms with E-state index in [1.54, 1.807) is 24.3 Å². The Labute approximate surface area is 184 Å². The SMILES string of the molecule is CC(=O)Nc1ccc(CC(=O)Nc2c(C#N)cnn2-c2cc(C)c3ccccc3n2)cc1. The lowest BCUT2D eigenvalue weighted by molar-refractivity contribution is -0.116. The van der Waals surface area contributed by atoms with Crippen LogP contribution in [0.15, 0.2) is 60.8 Å². The number of nitrogens with zero attached hydrogens (tertiary/aromatic N) is 4. The summed E-state index contributed by atoms with van der Waals surface area (Å²) in [5, 5.41) is 20.3. The van der Waals surface area contributed by atoms with Crippen molar-refractivity contribution < 1.29 is 9.59 Å². The fourth-order valence-electron chi connectivity index (χ4n) is 3.44. The summed E-state index contributed by atoms with van der Waals surface area (Å²) >= 11 is 0. The summed E-state index contributed by atoms with van der Waals surface area (Å²) in [6.45, 7) is 3.41. The molecule has 8 nitrogen and oxygen atoms in total. The van der Waals surface area contributed by atoms with Gasteiger partial charge in [0.2, 0.25) is 11.8 Å². The number of amides is 2. The summed E-state index contributed by atoms with van der Waals surface area (Å²) in [4.78, 5) is 28.5. The number of benzene rings is 2. The van der Waals surface area contributed by atoms with Gasteiger partial charge in [0.1, 0.15) is 11.6 Å². The number of pyridine rings is 1. The molecule has 2 aromatic heterocycles. The number of rotatable bonds is 5. The molecule has 0 spiro atoms. The topological polar surface area (TPSA) is 113 Å². The summed E-state index contributed by atoms with van der Waals surface area (Å²) in [6, 6.07) is 18.7. The van der Waals surface area contributed by atoms with Gasteiger partial charge in [0, 0.05) is 18.0 Å². The number of carbonyl (C=O) groups excluding carboxylic acids is 2. The average Bonchev–Trinajstić information content (AvgIpc) is 3.17. The number of nitriles is 1. The second-order valence-electron chi connectivity index (χ2n) is 7.35. The summed E-state index contributed by atoms with van der Waals surface area (Å²) in [5.41, 5.74) is 3.47. The van der Waals surface area contributed by atoms with E-state index >= 15 is 0 Å². The lowest BCUT2D eigenvalue weighted by atomic mass is 10.1. The number of anilines is 2. The molecule has 158 valence electrons. The molecule has 0 saturated carbocycles. The third-order valence-corrected chi connectivity index (χ3v) is 4.91. The molecule has 2 amide bonds. The number of para-hydroxylation sites is 1. The van der Waals surface area contributed by atoms with E-state index in [1.807, 2.05) is 37.3 Å². The first-order chi connectivity index (χ1) is 15.4. The van der Waals surface area contributed by atoms with Crippen molar-refractivity contribution in [3.63, 3.8) is 0 Å². The second kappa shape index (κ2) is 8.70. The molecule has 0 saturated heterocycles. The Morgan fingerprint density at radius 1 is 1.09 bits per heavy atom. The molecule has 0 unspecified atom stereocenters. The van der Waals surface area contributed by atoms with E-state index in [9.17, 15) is 14.9 Å². The lowest BCUT2D eigenvalue weighted by Crippen LogP contribution is -2.18. The first-order valence-electron chi connectivity index (χ1n) is 9.96. The van der Waals surface area contributed by atoms with Gasteiger partial charge in [0.05, 0.1) is 18.1 Å². The second-order valence-corrected chi connectivity index (χ2v) is 7.35. The van der Waals surface area contributed by atoms with Gasteiger partial charge >= 0.3 is 0 Å². The highest BCUT2D eigenvalue weighted by molar-refractivity contribution is 5.93. The molecule has 0 radical (unpaired) electrons. The fourth-order valence-corrected chi connectivity index (χ4v) is 3.44. The van der Waals surface area contributed by atoms with Crippen molar-refractivity contribution in [2.45, 2.75) is 20.3 Å². The molecule has 4 aromatic rings. The van der Waals surface area contributed by atoms with Crippen molar-refractivity contribution >= 4 is 34.2 Å². The number of aromatic nitrogens is 3. The maximum Gasteiger partial charge on any atom is 0.229 e. The number of nitrogens with one attached hydrogen (secondary N) is 2. The van der Waals surface area contributed by atoms with Crippen LogP contribution in [0.3, 0.4) is 0 Å². The van der Waals surface area contributed by atoms with Crippen molar-refractivity contribution in [1.82, 2.24) is 14.8 Å². The Morgan fingerprint density at radius 3 is 2.56 bits per heavy atom. The molecule has 0 aliphatic carbocycles. The van der Waals surface area contributed by atoms with Crippen molar-refractivity contribution in [2.24, 2.45) is 0 Å². The summed E-state index contributed by atoms with van der Waals surface area (Å²) in [7, 11) is 0. The molecule has 4 rings (SSSR count). The van der Waals surface area contributed by atoms with Gasteiger partial charge < -0.3 is 10.6 Å². The Morgan fingerprint density at radius 2 is 1.84 bits per heavy atom. The third kappa shape index (κ3) is 4.32. The van der Waals surface area contributed by atoms with E-state index in [2.05, 4.69) is 26.8 Å². The molecule has 0 bridgehead atoms. The van der Waals surface area contributed by atoms with Gasteiger partial charge in [-0.3, -0.25) is 9.59 Å². The van der Waals surface area contributed by atoms with Gasteiger partial charge in [0.15, 0.2) is 11.6 Å². The lowest BCUT2D eigenvalue weighted by Gasteiger charge is -2.11. The van der Waals surface area contributed by atoms with Gasteiger partial charge in [-0.1, -0.05) is 30.3 Å². The Kier molecular flexibility index (Phi) is 5.64. The van der Waals surface area contributed by atoms with Crippen LogP contribution in [0.5, 0.6) is 0 Å². The molecule has 2 heterocycles. The van der Waals surface area contributed by atoms with E-state index in [-0.39, 0.29) is 29.6 Å². The number of hydrogen-bond acceptors (Lipinski definition) is 5. The van der Waals surface area contributed by atoms with Crippen molar-refractivity contribution in [3.05, 3.63) is 77.5 Å². The minimum atomic E-state index is -0.298. The molecule has 8 heteroatoms. The zero-order valence-corrected chi connectivity index (χ0v) is 17.6. The maximum atomic E-state index is 12.7. The van der Waals surface area contributed by atoms with E-state index in [0.717, 1.165) is 22.0 Å². The molecule has 0 atom stereocenters. The normalized spacial score (nSPS) is 10.5. The minimum absolute atomic E-state index is 0.0978. The zero-order chi connectivity index (χ0) is 22.7. The van der Waals surface area contributed by atoms with Crippen LogP contribution in [-0.2, 0) is 16.0 Å². The first kappa shape index (κ1) is 20.8. The Balaban J connectivity index is 1.59. The monoisotopic (exact) mass is 424 g/mol. The molecular formula is C24H20N6O2. The van der Waals surface area contributed by atoms with Crippen LogP contribution < -0.4 is 10.6 Å². The van der Waals surface area contributed by atoms with Crippen LogP contribution in [0.1, 0.15) is 23.6 Å². The number of fused-ring (bicyclic) bond motifs is 1. The number of hydrogen-bond donors (Lipinski definition) is 2. The first-order valence-corrected chi connectivity index (χ1v) is 9.96. The largest absolute Gasteiger partial charge is 0.326 e. The highest BCUT2D eigenvalue weighted by Gasteiger charge is 2.17. The quantitative estimate of drug-likeness (QED) is 0.507. The zero-order valence-electron chi connectivity index (χ0n) is 17.6. The van der Waals surface area contributed by atoms with Crippen molar-refractivity contribution in [1.29, 1.82) is 5.26 Å². The number of aryl methyl sites for hydroxylation is 1. The van der Waals surface area contributed by atoms with Crippen molar-refractivity contribution in [2.75, 3.05) is 10.6 Å². The minimum Gasteiger partial charge on any atom is -0.326 e. The van der Waals surface area contributed by atoms with E-state index in [1.165, 1.54) is 17.8 Å². The van der Waals surface area contributed by atoms with Crippen LogP contribution in [-0.4, -0.2) is 26.6 Å². The Bertz CT molecular complexity index is 1370. The maximum absolute atomic E-state index is 12.7. The predicted octanol–water partition coefficient (Wildman–Crippen LogP) is 3.74. The van der Waals surface area contributed by atoms with E-state index < -0.39 is 0 Å². The van der Waals surface area contributed by atoms with Gasteiger partial charge in [-0.15, -0.1) is 0 Å². The van der Waals surface area contributed by atoms with Crippen LogP contribution in [0, 0.1) is 18.3 Å². The fraction of sp³-hybridized carbons (Fsp3) is 0.125. The van der Waals surface area contributed by atoms with E-state index in [4.69, 9.17) is 0 Å². The smallest absolute Gasteiger partial charge is 0.229 e. The van der Waals surface area contributed by atoms with Crippen LogP contribution in [0.25, 0.3) is 16.7 Å². The third-order valence-electron chi connectivity index (χ3n) is 4.91. The molecule has 2 aromatic carbocycles. The van der Waals surface area contributed by atoms with Crippen molar-refractivity contribution in [3.8, 4) is 11.9 Å². The molecule has 0 fully saturated rings. The van der Waals surface area contributed by atoms with Crippen LogP contribution in [0.4, 0.5) is 11.5 Å². The summed E-state index contributed by atoms with van der Waals surface area (Å²) in [6.07, 6.45) is 1.50. The highest BCUT2D eigenvalue weighted by Crippen LogP contribution is 2.23. The van der Waals surface area contributed by atoms with Crippen LogP contribution in [0.2, 0.25) is 0 Å². The van der Waals surface area contributed by atoms with Gasteiger partial charge in [0.25, 0.3) is 0 Å². The molecule has 32 heavy (non-hydrogen) atoms. The molecule has 2 N–H and O–H groups in total. The van der Waals surface area contributed by atoms with Gasteiger partial charge in [-0.2, -0.15) is 15.0 Å².